The second-order valence-corrected chi connectivity index (χ2v) is 6.33. The van der Waals surface area contributed by atoms with Gasteiger partial charge in [0.05, 0.1) is 21.5 Å². The second kappa shape index (κ2) is 8.25. The number of non-ortho nitro benzene ring substituents is 1. The number of rotatable bonds is 6. The molecule has 0 fully saturated rings. The van der Waals surface area contributed by atoms with Gasteiger partial charge < -0.3 is 10.6 Å². The molecule has 0 heterocycles. The van der Waals surface area contributed by atoms with E-state index in [-0.39, 0.29) is 23.0 Å². The number of carbonyl (C=O) groups is 2. The van der Waals surface area contributed by atoms with Crippen LogP contribution >= 0.6 is 0 Å². The van der Waals surface area contributed by atoms with Crippen LogP contribution in [0.5, 0.6) is 0 Å². The standard InChI is InChI=1S/C18H18N4O6/c1-10(2)17(23)19-12-4-6-13(7-5-12)20-18(24)15-8-14(21(25)26)9-16(11(15)3)22(27)28/h4-10H,1-3H3,(H,19,23)(H,20,24). The van der Waals surface area contributed by atoms with E-state index in [0.29, 0.717) is 11.4 Å². The van der Waals surface area contributed by atoms with E-state index in [2.05, 4.69) is 10.6 Å². The number of hydrogen-bond acceptors (Lipinski definition) is 6. The van der Waals surface area contributed by atoms with E-state index in [4.69, 9.17) is 0 Å². The largest absolute Gasteiger partial charge is 0.326 e. The Bertz CT molecular complexity index is 953. The fourth-order valence-electron chi connectivity index (χ4n) is 2.34. The molecule has 10 heteroatoms. The summed E-state index contributed by atoms with van der Waals surface area (Å²) < 4.78 is 0. The van der Waals surface area contributed by atoms with E-state index < -0.39 is 27.1 Å². The van der Waals surface area contributed by atoms with Gasteiger partial charge >= 0.3 is 0 Å². The normalized spacial score (nSPS) is 10.4. The first-order chi connectivity index (χ1) is 13.1. The van der Waals surface area contributed by atoms with E-state index in [9.17, 15) is 29.8 Å². The second-order valence-electron chi connectivity index (χ2n) is 6.33. The summed E-state index contributed by atoms with van der Waals surface area (Å²) in [6, 6.07) is 8.05. The Morgan fingerprint density at radius 2 is 1.46 bits per heavy atom. The highest BCUT2D eigenvalue weighted by Gasteiger charge is 2.24. The zero-order chi connectivity index (χ0) is 21.0. The van der Waals surface area contributed by atoms with Crippen molar-refractivity contribution >= 4 is 34.6 Å². The smallest absolute Gasteiger partial charge is 0.279 e. The molecule has 0 radical (unpaired) electrons. The molecule has 2 rings (SSSR count). The minimum atomic E-state index is -0.796. The lowest BCUT2D eigenvalue weighted by molar-refractivity contribution is -0.394. The third-order valence-corrected chi connectivity index (χ3v) is 3.95. The van der Waals surface area contributed by atoms with Crippen molar-refractivity contribution in [3.05, 3.63) is 67.8 Å². The first-order valence-electron chi connectivity index (χ1n) is 8.26. The average Bonchev–Trinajstić information content (AvgIpc) is 2.62. The van der Waals surface area contributed by atoms with Gasteiger partial charge in [-0.25, -0.2) is 0 Å². The molecule has 0 saturated heterocycles. The molecule has 0 aromatic heterocycles. The molecular weight excluding hydrogens is 368 g/mol. The third-order valence-electron chi connectivity index (χ3n) is 3.95. The van der Waals surface area contributed by atoms with Crippen molar-refractivity contribution in [1.82, 2.24) is 0 Å². The van der Waals surface area contributed by atoms with Crippen LogP contribution in [0, 0.1) is 33.1 Å². The van der Waals surface area contributed by atoms with Crippen LogP contribution in [0.1, 0.15) is 29.8 Å². The van der Waals surface area contributed by atoms with Crippen molar-refractivity contribution in [3.63, 3.8) is 0 Å². The van der Waals surface area contributed by atoms with Crippen LogP contribution < -0.4 is 10.6 Å². The molecule has 10 nitrogen and oxygen atoms in total. The number of nitro groups is 2. The maximum Gasteiger partial charge on any atom is 0.279 e. The summed E-state index contributed by atoms with van der Waals surface area (Å²) in [4.78, 5) is 44.8. The van der Waals surface area contributed by atoms with Crippen LogP contribution in [0.25, 0.3) is 0 Å². The molecule has 0 spiro atoms. The summed E-state index contributed by atoms with van der Waals surface area (Å²) in [5, 5.41) is 27.4. The Labute approximate surface area is 159 Å². The third kappa shape index (κ3) is 4.67. The fourth-order valence-corrected chi connectivity index (χ4v) is 2.34. The Balaban J connectivity index is 2.26. The minimum absolute atomic E-state index is 0.0221. The highest BCUT2D eigenvalue weighted by Crippen LogP contribution is 2.28. The van der Waals surface area contributed by atoms with Gasteiger partial charge in [-0.2, -0.15) is 0 Å². The summed E-state index contributed by atoms with van der Waals surface area (Å²) in [6.45, 7) is 4.86. The molecule has 146 valence electrons. The number of carbonyl (C=O) groups excluding carboxylic acids is 2. The molecule has 2 aromatic carbocycles. The van der Waals surface area contributed by atoms with E-state index in [1.54, 1.807) is 26.0 Å². The maximum atomic E-state index is 12.5. The lowest BCUT2D eigenvalue weighted by atomic mass is 10.0. The molecule has 2 aromatic rings. The van der Waals surface area contributed by atoms with Gasteiger partial charge in [-0.3, -0.25) is 29.8 Å². The van der Waals surface area contributed by atoms with Crippen molar-refractivity contribution in [3.8, 4) is 0 Å². The lowest BCUT2D eigenvalue weighted by Gasteiger charge is -2.10. The van der Waals surface area contributed by atoms with Crippen molar-refractivity contribution in [2.75, 3.05) is 10.6 Å². The quantitative estimate of drug-likeness (QED) is 0.572. The van der Waals surface area contributed by atoms with Crippen LogP contribution in [-0.2, 0) is 4.79 Å². The SMILES string of the molecule is Cc1c(C(=O)Nc2ccc(NC(=O)C(C)C)cc2)cc([N+](=O)[O-])cc1[N+](=O)[O-]. The van der Waals surface area contributed by atoms with Crippen LogP contribution in [0.4, 0.5) is 22.7 Å². The first-order valence-corrected chi connectivity index (χ1v) is 8.26. The van der Waals surface area contributed by atoms with Crippen molar-refractivity contribution < 1.29 is 19.4 Å². The number of amides is 2. The van der Waals surface area contributed by atoms with Gasteiger partial charge in [0, 0.05) is 28.9 Å². The molecule has 0 aliphatic heterocycles. The van der Waals surface area contributed by atoms with Crippen LogP contribution in [0.15, 0.2) is 36.4 Å². The van der Waals surface area contributed by atoms with Crippen LogP contribution in [0.2, 0.25) is 0 Å². The highest BCUT2D eigenvalue weighted by atomic mass is 16.6. The molecule has 0 saturated carbocycles. The number of nitrogens with one attached hydrogen (secondary N) is 2. The van der Waals surface area contributed by atoms with E-state index >= 15 is 0 Å². The number of benzene rings is 2. The average molecular weight is 386 g/mol. The molecule has 0 unspecified atom stereocenters. The highest BCUT2D eigenvalue weighted by molar-refractivity contribution is 6.06. The van der Waals surface area contributed by atoms with Gasteiger partial charge in [0.15, 0.2) is 0 Å². The summed E-state index contributed by atoms with van der Waals surface area (Å²) in [6.07, 6.45) is 0. The monoisotopic (exact) mass is 386 g/mol. The molecule has 0 bridgehead atoms. The van der Waals surface area contributed by atoms with E-state index in [1.165, 1.54) is 19.1 Å². The lowest BCUT2D eigenvalue weighted by Crippen LogP contribution is -2.18. The predicted molar refractivity (Wildman–Crippen MR) is 102 cm³/mol. The summed E-state index contributed by atoms with van der Waals surface area (Å²) in [7, 11) is 0. The fraction of sp³-hybridized carbons (Fsp3) is 0.222. The summed E-state index contributed by atoms with van der Waals surface area (Å²) in [5.74, 6) is -1.06. The van der Waals surface area contributed by atoms with Crippen LogP contribution in [0.3, 0.4) is 0 Å². The Morgan fingerprint density at radius 1 is 0.929 bits per heavy atom. The molecular formula is C18H18N4O6. The Hall–Kier alpha value is -3.82. The molecule has 2 amide bonds. The number of nitro benzene ring substituents is 2. The van der Waals surface area contributed by atoms with Gasteiger partial charge in [-0.15, -0.1) is 0 Å². The number of anilines is 2. The van der Waals surface area contributed by atoms with Crippen molar-refractivity contribution in [1.29, 1.82) is 0 Å². The molecule has 28 heavy (non-hydrogen) atoms. The van der Waals surface area contributed by atoms with Gasteiger partial charge in [0.1, 0.15) is 0 Å². The molecule has 0 aliphatic rings. The van der Waals surface area contributed by atoms with Crippen molar-refractivity contribution in [2.45, 2.75) is 20.8 Å². The van der Waals surface area contributed by atoms with Gasteiger partial charge in [-0.05, 0) is 31.2 Å². The van der Waals surface area contributed by atoms with Gasteiger partial charge in [0.2, 0.25) is 5.91 Å². The van der Waals surface area contributed by atoms with Gasteiger partial charge in [-0.1, -0.05) is 13.8 Å². The molecule has 0 aliphatic carbocycles. The summed E-state index contributed by atoms with van der Waals surface area (Å²) in [5.41, 5.74) is -0.299. The zero-order valence-electron chi connectivity index (χ0n) is 15.4. The van der Waals surface area contributed by atoms with E-state index in [1.807, 2.05) is 0 Å². The topological polar surface area (TPSA) is 144 Å². The Morgan fingerprint density at radius 3 is 1.93 bits per heavy atom. The molecule has 2 N–H and O–H groups in total. The number of hydrogen-bond donors (Lipinski definition) is 2. The first kappa shape index (κ1) is 20.5. The number of nitrogens with zero attached hydrogens (tertiary/aromatic N) is 2. The van der Waals surface area contributed by atoms with Crippen LogP contribution in [-0.4, -0.2) is 21.7 Å². The predicted octanol–water partition coefficient (Wildman–Crippen LogP) is 3.66. The minimum Gasteiger partial charge on any atom is -0.326 e. The maximum absolute atomic E-state index is 12.5. The van der Waals surface area contributed by atoms with Crippen molar-refractivity contribution in [2.24, 2.45) is 5.92 Å². The Kier molecular flexibility index (Phi) is 6.04. The zero-order valence-corrected chi connectivity index (χ0v) is 15.4. The van der Waals surface area contributed by atoms with E-state index in [0.717, 1.165) is 12.1 Å². The summed E-state index contributed by atoms with van der Waals surface area (Å²) >= 11 is 0. The van der Waals surface area contributed by atoms with Gasteiger partial charge in [0.25, 0.3) is 17.3 Å². The molecule has 0 atom stereocenters.